The van der Waals surface area contributed by atoms with Crippen molar-refractivity contribution in [2.75, 3.05) is 39.8 Å². The van der Waals surface area contributed by atoms with E-state index in [9.17, 15) is 0 Å². The summed E-state index contributed by atoms with van der Waals surface area (Å²) < 4.78 is 5.27. The summed E-state index contributed by atoms with van der Waals surface area (Å²) in [5, 5.41) is 6.77. The van der Waals surface area contributed by atoms with Gasteiger partial charge in [-0.3, -0.25) is 0 Å². The molecule has 5 heteroatoms. The van der Waals surface area contributed by atoms with Crippen LogP contribution in [0.25, 0.3) is 0 Å². The second-order valence-corrected chi connectivity index (χ2v) is 6.88. The first-order chi connectivity index (χ1) is 12.2. The minimum Gasteiger partial charge on any atom is -0.497 e. The Hall–Kier alpha value is -1.75. The van der Waals surface area contributed by atoms with Crippen LogP contribution in [0.15, 0.2) is 29.3 Å². The summed E-state index contributed by atoms with van der Waals surface area (Å²) in [6, 6.07) is 8.07. The molecule has 1 aromatic carbocycles. The number of methoxy groups -OCH3 is 1. The van der Waals surface area contributed by atoms with Gasteiger partial charge in [0.25, 0.3) is 0 Å². The van der Waals surface area contributed by atoms with E-state index >= 15 is 0 Å². The third-order valence-corrected chi connectivity index (χ3v) is 4.58. The number of guanidine groups is 1. The molecule has 1 unspecified atom stereocenters. The van der Waals surface area contributed by atoms with Crippen LogP contribution in [0.1, 0.15) is 38.7 Å². The van der Waals surface area contributed by atoms with Gasteiger partial charge in [-0.05, 0) is 62.9 Å². The minimum absolute atomic E-state index is 0.649. The van der Waals surface area contributed by atoms with Crippen molar-refractivity contribution in [3.63, 3.8) is 0 Å². The lowest BCUT2D eigenvalue weighted by molar-refractivity contribution is 0.182. The molecule has 1 saturated heterocycles. The standard InChI is InChI=1S/C20H34N4O/c1-4-21-20(23-15-18-9-5-10-19(14-18)25-3)22-11-7-13-24-12-6-8-17(2)16-24/h5,9-10,14,17H,4,6-8,11-13,15-16H2,1-3H3,(H2,21,22,23). The molecule has 1 aliphatic rings. The van der Waals surface area contributed by atoms with Gasteiger partial charge in [0.1, 0.15) is 5.75 Å². The molecular formula is C20H34N4O. The maximum atomic E-state index is 5.27. The van der Waals surface area contributed by atoms with Crippen LogP contribution in [-0.4, -0.2) is 50.7 Å². The first-order valence-electron chi connectivity index (χ1n) is 9.58. The summed E-state index contributed by atoms with van der Waals surface area (Å²) in [6.07, 6.45) is 3.88. The number of rotatable bonds is 8. The lowest BCUT2D eigenvalue weighted by atomic mass is 10.0. The Labute approximate surface area is 152 Å². The van der Waals surface area contributed by atoms with Gasteiger partial charge in [-0.1, -0.05) is 19.1 Å². The van der Waals surface area contributed by atoms with E-state index in [1.807, 2.05) is 18.2 Å². The van der Waals surface area contributed by atoms with Crippen molar-refractivity contribution < 1.29 is 4.74 Å². The highest BCUT2D eigenvalue weighted by Crippen LogP contribution is 2.15. The Morgan fingerprint density at radius 2 is 2.24 bits per heavy atom. The van der Waals surface area contributed by atoms with Crippen molar-refractivity contribution in [3.8, 4) is 5.75 Å². The molecule has 1 heterocycles. The van der Waals surface area contributed by atoms with Crippen LogP contribution < -0.4 is 15.4 Å². The normalized spacial score (nSPS) is 18.8. The fraction of sp³-hybridized carbons (Fsp3) is 0.650. The average Bonchev–Trinajstić information content (AvgIpc) is 2.63. The molecule has 2 rings (SSSR count). The first kappa shape index (κ1) is 19.6. The van der Waals surface area contributed by atoms with Gasteiger partial charge in [0.15, 0.2) is 5.96 Å². The molecule has 1 aliphatic heterocycles. The number of aliphatic imine (C=N–C) groups is 1. The fourth-order valence-corrected chi connectivity index (χ4v) is 3.28. The van der Waals surface area contributed by atoms with E-state index in [1.54, 1.807) is 7.11 Å². The average molecular weight is 347 g/mol. The SMILES string of the molecule is CCNC(=NCc1cccc(OC)c1)NCCCN1CCCC(C)C1. The van der Waals surface area contributed by atoms with Crippen molar-refractivity contribution in [3.05, 3.63) is 29.8 Å². The highest BCUT2D eigenvalue weighted by Gasteiger charge is 2.15. The molecule has 0 bridgehead atoms. The van der Waals surface area contributed by atoms with E-state index < -0.39 is 0 Å². The van der Waals surface area contributed by atoms with Gasteiger partial charge in [-0.25, -0.2) is 4.99 Å². The molecule has 1 fully saturated rings. The molecule has 0 spiro atoms. The zero-order valence-electron chi connectivity index (χ0n) is 16.1. The Balaban J connectivity index is 1.75. The van der Waals surface area contributed by atoms with E-state index in [1.165, 1.54) is 32.5 Å². The molecule has 0 aromatic heterocycles. The zero-order valence-corrected chi connectivity index (χ0v) is 16.1. The maximum absolute atomic E-state index is 5.27. The highest BCUT2D eigenvalue weighted by molar-refractivity contribution is 5.79. The van der Waals surface area contributed by atoms with Gasteiger partial charge in [-0.2, -0.15) is 0 Å². The van der Waals surface area contributed by atoms with Crippen molar-refractivity contribution in [2.45, 2.75) is 39.7 Å². The van der Waals surface area contributed by atoms with Gasteiger partial charge < -0.3 is 20.3 Å². The van der Waals surface area contributed by atoms with Crippen LogP contribution in [0.5, 0.6) is 5.75 Å². The number of benzene rings is 1. The van der Waals surface area contributed by atoms with Gasteiger partial charge >= 0.3 is 0 Å². The van der Waals surface area contributed by atoms with E-state index in [4.69, 9.17) is 4.74 Å². The van der Waals surface area contributed by atoms with Crippen molar-refractivity contribution >= 4 is 5.96 Å². The molecule has 0 amide bonds. The van der Waals surface area contributed by atoms with Crippen LogP contribution in [0.4, 0.5) is 0 Å². The number of ether oxygens (including phenoxy) is 1. The number of nitrogens with one attached hydrogen (secondary N) is 2. The number of hydrogen-bond acceptors (Lipinski definition) is 3. The third kappa shape index (κ3) is 7.34. The predicted octanol–water partition coefficient (Wildman–Crippen LogP) is 2.87. The third-order valence-electron chi connectivity index (χ3n) is 4.58. The summed E-state index contributed by atoms with van der Waals surface area (Å²) in [4.78, 5) is 7.27. The molecule has 25 heavy (non-hydrogen) atoms. The second kappa shape index (κ2) is 11.0. The Morgan fingerprint density at radius 3 is 3.00 bits per heavy atom. The van der Waals surface area contributed by atoms with Crippen LogP contribution in [0, 0.1) is 5.92 Å². The molecule has 1 atom stereocenters. The Bertz CT molecular complexity index is 532. The van der Waals surface area contributed by atoms with Crippen LogP contribution in [0.3, 0.4) is 0 Å². The maximum Gasteiger partial charge on any atom is 0.191 e. The topological polar surface area (TPSA) is 48.9 Å². The summed E-state index contributed by atoms with van der Waals surface area (Å²) in [5.74, 6) is 2.61. The lowest BCUT2D eigenvalue weighted by Gasteiger charge is -2.30. The van der Waals surface area contributed by atoms with Crippen molar-refractivity contribution in [2.24, 2.45) is 10.9 Å². The fourth-order valence-electron chi connectivity index (χ4n) is 3.28. The van der Waals surface area contributed by atoms with Crippen LogP contribution >= 0.6 is 0 Å². The van der Waals surface area contributed by atoms with E-state index in [-0.39, 0.29) is 0 Å². The molecular weight excluding hydrogens is 312 g/mol. The number of nitrogens with zero attached hydrogens (tertiary/aromatic N) is 2. The molecule has 0 radical (unpaired) electrons. The molecule has 140 valence electrons. The molecule has 0 aliphatic carbocycles. The monoisotopic (exact) mass is 346 g/mol. The Kier molecular flexibility index (Phi) is 8.60. The van der Waals surface area contributed by atoms with Crippen LogP contribution in [0.2, 0.25) is 0 Å². The molecule has 2 N–H and O–H groups in total. The van der Waals surface area contributed by atoms with Crippen molar-refractivity contribution in [1.82, 2.24) is 15.5 Å². The van der Waals surface area contributed by atoms with Gasteiger partial charge in [0.05, 0.1) is 13.7 Å². The van der Waals surface area contributed by atoms with Crippen molar-refractivity contribution in [1.29, 1.82) is 0 Å². The molecule has 1 aromatic rings. The predicted molar refractivity (Wildman–Crippen MR) is 105 cm³/mol. The number of piperidine rings is 1. The van der Waals surface area contributed by atoms with E-state index in [2.05, 4.69) is 40.4 Å². The quantitative estimate of drug-likeness (QED) is 0.432. The molecule has 0 saturated carbocycles. The highest BCUT2D eigenvalue weighted by atomic mass is 16.5. The van der Waals surface area contributed by atoms with Gasteiger partial charge in [0.2, 0.25) is 0 Å². The molecule has 5 nitrogen and oxygen atoms in total. The minimum atomic E-state index is 0.649. The van der Waals surface area contributed by atoms with E-state index in [0.29, 0.717) is 6.54 Å². The zero-order chi connectivity index (χ0) is 17.9. The number of hydrogen-bond donors (Lipinski definition) is 2. The summed E-state index contributed by atoms with van der Waals surface area (Å²) in [6.45, 7) is 10.6. The first-order valence-corrected chi connectivity index (χ1v) is 9.58. The largest absolute Gasteiger partial charge is 0.497 e. The smallest absolute Gasteiger partial charge is 0.191 e. The van der Waals surface area contributed by atoms with Gasteiger partial charge in [-0.15, -0.1) is 0 Å². The summed E-state index contributed by atoms with van der Waals surface area (Å²) >= 11 is 0. The number of likely N-dealkylation sites (tertiary alicyclic amines) is 1. The summed E-state index contributed by atoms with van der Waals surface area (Å²) in [7, 11) is 1.69. The van der Waals surface area contributed by atoms with E-state index in [0.717, 1.165) is 42.7 Å². The second-order valence-electron chi connectivity index (χ2n) is 6.88. The lowest BCUT2D eigenvalue weighted by Crippen LogP contribution is -2.40. The van der Waals surface area contributed by atoms with Crippen LogP contribution in [-0.2, 0) is 6.54 Å². The Morgan fingerprint density at radius 1 is 1.36 bits per heavy atom. The summed E-state index contributed by atoms with van der Waals surface area (Å²) in [5.41, 5.74) is 1.15. The van der Waals surface area contributed by atoms with Gasteiger partial charge in [0, 0.05) is 19.6 Å².